The van der Waals surface area contributed by atoms with E-state index in [1.807, 2.05) is 6.92 Å². The highest BCUT2D eigenvalue weighted by molar-refractivity contribution is 4.51. The molecular formula is C3H10FN. The molecule has 0 saturated carbocycles. The third kappa shape index (κ3) is 70.4. The van der Waals surface area contributed by atoms with Crippen molar-refractivity contribution < 1.29 is 4.70 Å². The summed E-state index contributed by atoms with van der Waals surface area (Å²) < 4.78 is 0. The van der Waals surface area contributed by atoms with Gasteiger partial charge in [0.25, 0.3) is 0 Å². The third-order valence-electron chi connectivity index (χ3n) is 0. The number of rotatable bonds is 0. The molecule has 5 heavy (non-hydrogen) atoms. The molecular weight excluding hydrogens is 69.0 g/mol. The Bertz CT molecular complexity index is 14.4. The van der Waals surface area contributed by atoms with E-state index in [1.54, 1.807) is 6.08 Å². The Morgan fingerprint density at radius 3 is 1.60 bits per heavy atom. The number of hydrogen-bond acceptors (Lipinski definition) is 1. The summed E-state index contributed by atoms with van der Waals surface area (Å²) in [5, 5.41) is 0. The molecule has 0 aromatic rings. The highest BCUT2D eigenvalue weighted by Crippen LogP contribution is 1.38. The van der Waals surface area contributed by atoms with Gasteiger partial charge >= 0.3 is 0 Å². The van der Waals surface area contributed by atoms with Crippen LogP contribution in [0.5, 0.6) is 0 Å². The topological polar surface area (TPSA) is 35.0 Å². The summed E-state index contributed by atoms with van der Waals surface area (Å²) in [6.07, 6.45) is 1.75. The maximum atomic E-state index is 3.36. The molecule has 0 fully saturated rings. The predicted molar refractivity (Wildman–Crippen MR) is 23.4 cm³/mol. The molecule has 0 aliphatic rings. The molecule has 0 amide bonds. The van der Waals surface area contributed by atoms with E-state index >= 15 is 0 Å². The van der Waals surface area contributed by atoms with Crippen LogP contribution in [0.1, 0.15) is 6.92 Å². The summed E-state index contributed by atoms with van der Waals surface area (Å²) in [5.74, 6) is 0. The van der Waals surface area contributed by atoms with Gasteiger partial charge in [-0.15, -0.1) is 6.58 Å². The zero-order valence-electron chi connectivity index (χ0n) is 3.40. The average Bonchev–Trinajstić information content (AvgIpc) is 0.918. The van der Waals surface area contributed by atoms with E-state index < -0.39 is 0 Å². The standard InChI is InChI=1S/C3H6.FH.H3N/c1-3-2;;/h3H,1H2,2H3;1H;1H3. The Balaban J connectivity index is -0.0000000200. The van der Waals surface area contributed by atoms with Gasteiger partial charge in [0, 0.05) is 0 Å². The van der Waals surface area contributed by atoms with Crippen molar-refractivity contribution in [1.82, 2.24) is 6.15 Å². The van der Waals surface area contributed by atoms with Gasteiger partial charge in [-0.1, -0.05) is 6.08 Å². The molecule has 2 heteroatoms. The van der Waals surface area contributed by atoms with Crippen molar-refractivity contribution >= 4 is 0 Å². The second-order valence-electron chi connectivity index (χ2n) is 0.408. The minimum Gasteiger partial charge on any atom is -0.344 e. The van der Waals surface area contributed by atoms with Crippen LogP contribution in [0.15, 0.2) is 12.7 Å². The van der Waals surface area contributed by atoms with Crippen LogP contribution < -0.4 is 6.15 Å². The Kier molecular flexibility index (Phi) is 291. The molecule has 34 valence electrons. The molecule has 0 heterocycles. The lowest BCUT2D eigenvalue weighted by Gasteiger charge is -1.31. The van der Waals surface area contributed by atoms with E-state index in [9.17, 15) is 0 Å². The lowest BCUT2D eigenvalue weighted by atomic mass is 10.8. The van der Waals surface area contributed by atoms with Crippen LogP contribution in [0.3, 0.4) is 0 Å². The van der Waals surface area contributed by atoms with Crippen LogP contribution in [-0.4, -0.2) is 0 Å². The molecule has 0 saturated heterocycles. The molecule has 0 radical (unpaired) electrons. The zero-order valence-corrected chi connectivity index (χ0v) is 3.40. The molecule has 0 aromatic heterocycles. The Morgan fingerprint density at radius 2 is 1.60 bits per heavy atom. The molecule has 0 atom stereocenters. The summed E-state index contributed by atoms with van der Waals surface area (Å²) in [5.41, 5.74) is 0. The monoisotopic (exact) mass is 79.1 g/mol. The molecule has 0 aromatic carbocycles. The van der Waals surface area contributed by atoms with Gasteiger partial charge in [-0.05, 0) is 6.92 Å². The van der Waals surface area contributed by atoms with Gasteiger partial charge in [0.2, 0.25) is 0 Å². The van der Waals surface area contributed by atoms with Gasteiger partial charge in [-0.3, -0.25) is 4.70 Å². The Morgan fingerprint density at radius 1 is 1.60 bits per heavy atom. The first-order chi connectivity index (χ1) is 1.41. The molecule has 1 nitrogen and oxygen atoms in total. The van der Waals surface area contributed by atoms with Gasteiger partial charge in [0.1, 0.15) is 0 Å². The molecule has 0 aliphatic heterocycles. The fourth-order valence-electron chi connectivity index (χ4n) is 0. The van der Waals surface area contributed by atoms with E-state index in [2.05, 4.69) is 6.58 Å². The van der Waals surface area contributed by atoms with E-state index in [-0.39, 0.29) is 10.9 Å². The van der Waals surface area contributed by atoms with Crippen LogP contribution >= 0.6 is 0 Å². The minimum atomic E-state index is 0. The predicted octanol–water partition coefficient (Wildman–Crippen LogP) is 1.51. The first-order valence-corrected chi connectivity index (χ1v) is 0.986. The number of allylic oxidation sites excluding steroid dienone is 1. The second kappa shape index (κ2) is 63.3. The summed E-state index contributed by atoms with van der Waals surface area (Å²) in [7, 11) is 0. The molecule has 0 spiro atoms. The van der Waals surface area contributed by atoms with Crippen LogP contribution in [-0.2, 0) is 0 Å². The highest BCUT2D eigenvalue weighted by atomic mass is 19.0. The number of hydrogen-bond donors (Lipinski definition) is 1. The Labute approximate surface area is 31.6 Å². The zero-order chi connectivity index (χ0) is 2.71. The first-order valence-electron chi connectivity index (χ1n) is 0.986. The van der Waals surface area contributed by atoms with Crippen LogP contribution in [0.25, 0.3) is 0 Å². The maximum absolute atomic E-state index is 3.36. The maximum Gasteiger partial charge on any atom is -0.0473 e. The lowest BCUT2D eigenvalue weighted by Crippen LogP contribution is -1.07. The first kappa shape index (κ1) is 23.0. The summed E-state index contributed by atoms with van der Waals surface area (Å²) in [6.45, 7) is 5.25. The molecule has 0 unspecified atom stereocenters. The van der Waals surface area contributed by atoms with Crippen molar-refractivity contribution in [3.63, 3.8) is 0 Å². The quantitative estimate of drug-likeness (QED) is 0.439. The third-order valence-corrected chi connectivity index (χ3v) is 0. The van der Waals surface area contributed by atoms with E-state index in [0.717, 1.165) is 0 Å². The second-order valence-corrected chi connectivity index (χ2v) is 0.408. The smallest absolute Gasteiger partial charge is 0.0473 e. The van der Waals surface area contributed by atoms with Gasteiger partial charge in [-0.2, -0.15) is 0 Å². The lowest BCUT2D eigenvalue weighted by molar-refractivity contribution is 1.11. The largest absolute Gasteiger partial charge is 0.344 e. The van der Waals surface area contributed by atoms with E-state index in [0.29, 0.717) is 0 Å². The minimum absolute atomic E-state index is 0. The van der Waals surface area contributed by atoms with Gasteiger partial charge < -0.3 is 6.15 Å². The van der Waals surface area contributed by atoms with Crippen molar-refractivity contribution in [2.45, 2.75) is 6.92 Å². The molecule has 0 aliphatic carbocycles. The van der Waals surface area contributed by atoms with Gasteiger partial charge in [0.15, 0.2) is 0 Å². The van der Waals surface area contributed by atoms with Crippen LogP contribution in [0.4, 0.5) is 4.70 Å². The van der Waals surface area contributed by atoms with Crippen molar-refractivity contribution in [1.29, 1.82) is 0 Å². The molecule has 0 rings (SSSR count). The summed E-state index contributed by atoms with van der Waals surface area (Å²) in [6, 6.07) is 0. The van der Waals surface area contributed by atoms with Crippen LogP contribution in [0.2, 0.25) is 0 Å². The van der Waals surface area contributed by atoms with Crippen molar-refractivity contribution in [2.75, 3.05) is 0 Å². The van der Waals surface area contributed by atoms with Gasteiger partial charge in [0.05, 0.1) is 0 Å². The van der Waals surface area contributed by atoms with Crippen LogP contribution in [0, 0.1) is 0 Å². The van der Waals surface area contributed by atoms with E-state index in [1.165, 1.54) is 0 Å². The average molecular weight is 79.1 g/mol. The van der Waals surface area contributed by atoms with Gasteiger partial charge in [-0.25, -0.2) is 0 Å². The van der Waals surface area contributed by atoms with Crippen molar-refractivity contribution in [2.24, 2.45) is 0 Å². The van der Waals surface area contributed by atoms with Crippen molar-refractivity contribution in [3.05, 3.63) is 12.7 Å². The van der Waals surface area contributed by atoms with Crippen molar-refractivity contribution in [3.8, 4) is 0 Å². The summed E-state index contributed by atoms with van der Waals surface area (Å²) in [4.78, 5) is 0. The molecule has 3 N–H and O–H groups in total. The summed E-state index contributed by atoms with van der Waals surface area (Å²) >= 11 is 0. The SMILES string of the molecule is C=CC.F.N. The fraction of sp³-hybridized carbons (Fsp3) is 0.333. The fourth-order valence-corrected chi connectivity index (χ4v) is 0. The highest BCUT2D eigenvalue weighted by Gasteiger charge is 1.15. The molecule has 0 bridgehead atoms. The normalized spacial score (nSPS) is 2.60. The number of halogens is 1. The Hall–Kier alpha value is -0.370. The van der Waals surface area contributed by atoms with E-state index in [4.69, 9.17) is 0 Å².